The summed E-state index contributed by atoms with van der Waals surface area (Å²) in [5.41, 5.74) is 0.495. The topological polar surface area (TPSA) is 32.3 Å². The van der Waals surface area contributed by atoms with Gasteiger partial charge >= 0.3 is 0 Å². The second kappa shape index (κ2) is 5.13. The molecular formula is C12H25NO. The van der Waals surface area contributed by atoms with Crippen LogP contribution in [-0.2, 0) is 0 Å². The molecule has 0 aromatic rings. The van der Waals surface area contributed by atoms with Crippen molar-refractivity contribution in [2.24, 2.45) is 11.3 Å². The van der Waals surface area contributed by atoms with Crippen LogP contribution in [-0.4, -0.2) is 24.3 Å². The van der Waals surface area contributed by atoms with Gasteiger partial charge in [-0.25, -0.2) is 0 Å². The van der Waals surface area contributed by atoms with E-state index in [2.05, 4.69) is 26.1 Å². The van der Waals surface area contributed by atoms with Crippen molar-refractivity contribution in [3.05, 3.63) is 0 Å². The Morgan fingerprint density at radius 1 is 1.36 bits per heavy atom. The van der Waals surface area contributed by atoms with Crippen molar-refractivity contribution in [1.82, 2.24) is 5.32 Å². The fraction of sp³-hybridized carbons (Fsp3) is 1.00. The van der Waals surface area contributed by atoms with Crippen LogP contribution in [0.3, 0.4) is 0 Å². The summed E-state index contributed by atoms with van der Waals surface area (Å²) < 4.78 is 0. The minimum atomic E-state index is 0.304. The summed E-state index contributed by atoms with van der Waals surface area (Å²) in [6.45, 7) is 8.34. The molecule has 1 saturated carbocycles. The maximum atomic E-state index is 8.71. The van der Waals surface area contributed by atoms with E-state index in [4.69, 9.17) is 5.11 Å². The summed E-state index contributed by atoms with van der Waals surface area (Å²) in [4.78, 5) is 0. The predicted molar refractivity (Wildman–Crippen MR) is 60.3 cm³/mol. The highest BCUT2D eigenvalue weighted by Gasteiger charge is 2.31. The van der Waals surface area contributed by atoms with Crippen LogP contribution in [0, 0.1) is 11.3 Å². The number of aliphatic hydroxyl groups excluding tert-OH is 1. The summed E-state index contributed by atoms with van der Waals surface area (Å²) in [5, 5.41) is 12.3. The zero-order chi connectivity index (χ0) is 10.6. The van der Waals surface area contributed by atoms with Crippen LogP contribution in [0.1, 0.15) is 46.5 Å². The largest absolute Gasteiger partial charge is 0.396 e. The molecule has 1 fully saturated rings. The highest BCUT2D eigenvalue weighted by molar-refractivity contribution is 4.86. The zero-order valence-electron chi connectivity index (χ0n) is 9.84. The first kappa shape index (κ1) is 12.0. The summed E-state index contributed by atoms with van der Waals surface area (Å²) in [5.74, 6) is 0.838. The molecule has 0 spiro atoms. The molecule has 1 aliphatic carbocycles. The Labute approximate surface area is 88.1 Å². The number of aliphatic hydroxyl groups is 1. The average molecular weight is 199 g/mol. The Kier molecular flexibility index (Phi) is 4.39. The van der Waals surface area contributed by atoms with Gasteiger partial charge < -0.3 is 10.4 Å². The van der Waals surface area contributed by atoms with Gasteiger partial charge in [0, 0.05) is 12.6 Å². The minimum absolute atomic E-state index is 0.304. The smallest absolute Gasteiger partial charge is 0.0443 e. The SMILES string of the molecule is C[C@@H]1C[C@H](NCCCO)CC(C)(C)C1. The van der Waals surface area contributed by atoms with Gasteiger partial charge in [-0.15, -0.1) is 0 Å². The van der Waals surface area contributed by atoms with Gasteiger partial charge in [-0.2, -0.15) is 0 Å². The molecule has 1 aliphatic rings. The second-order valence-corrected chi connectivity index (χ2v) is 5.64. The van der Waals surface area contributed by atoms with Crippen LogP contribution >= 0.6 is 0 Å². The van der Waals surface area contributed by atoms with E-state index in [1.54, 1.807) is 0 Å². The van der Waals surface area contributed by atoms with Gasteiger partial charge in [-0.3, -0.25) is 0 Å². The van der Waals surface area contributed by atoms with Gasteiger partial charge in [0.05, 0.1) is 0 Å². The number of rotatable bonds is 4. The third-order valence-electron chi connectivity index (χ3n) is 3.15. The fourth-order valence-corrected chi connectivity index (χ4v) is 2.89. The Morgan fingerprint density at radius 3 is 2.64 bits per heavy atom. The highest BCUT2D eigenvalue weighted by Crippen LogP contribution is 2.38. The van der Waals surface area contributed by atoms with Crippen LogP contribution in [0.4, 0.5) is 0 Å². The predicted octanol–water partition coefficient (Wildman–Crippen LogP) is 2.17. The Balaban J connectivity index is 2.30. The lowest BCUT2D eigenvalue weighted by molar-refractivity contribution is 0.150. The lowest BCUT2D eigenvalue weighted by Crippen LogP contribution is -2.40. The summed E-state index contributed by atoms with van der Waals surface area (Å²) in [6, 6.07) is 0.667. The Morgan fingerprint density at radius 2 is 2.07 bits per heavy atom. The maximum Gasteiger partial charge on any atom is 0.0443 e. The van der Waals surface area contributed by atoms with E-state index < -0.39 is 0 Å². The van der Waals surface area contributed by atoms with E-state index in [1.807, 2.05) is 0 Å². The van der Waals surface area contributed by atoms with Gasteiger partial charge in [0.15, 0.2) is 0 Å². The van der Waals surface area contributed by atoms with E-state index in [1.165, 1.54) is 19.3 Å². The highest BCUT2D eigenvalue weighted by atomic mass is 16.3. The summed E-state index contributed by atoms with van der Waals surface area (Å²) in [6.07, 6.45) is 4.81. The number of hydrogen-bond acceptors (Lipinski definition) is 2. The molecule has 0 amide bonds. The molecule has 0 aromatic heterocycles. The Hall–Kier alpha value is -0.0800. The quantitative estimate of drug-likeness (QED) is 0.680. The van der Waals surface area contributed by atoms with Gasteiger partial charge in [-0.05, 0) is 43.6 Å². The van der Waals surface area contributed by atoms with Crippen molar-refractivity contribution in [2.75, 3.05) is 13.2 Å². The van der Waals surface area contributed by atoms with Crippen molar-refractivity contribution in [2.45, 2.75) is 52.5 Å². The van der Waals surface area contributed by atoms with Crippen LogP contribution in [0.25, 0.3) is 0 Å². The average Bonchev–Trinajstić information content (AvgIpc) is 2.00. The molecule has 0 aromatic carbocycles. The summed E-state index contributed by atoms with van der Waals surface area (Å²) in [7, 11) is 0. The molecule has 14 heavy (non-hydrogen) atoms. The molecular weight excluding hydrogens is 174 g/mol. The zero-order valence-corrected chi connectivity index (χ0v) is 9.84. The van der Waals surface area contributed by atoms with E-state index in [0.717, 1.165) is 18.9 Å². The standard InChI is InChI=1S/C12H25NO/c1-10-7-11(13-5-4-6-14)9-12(2,3)8-10/h10-11,13-14H,4-9H2,1-3H3/t10-,11+/m1/s1. The Bertz CT molecular complexity index is 168. The van der Waals surface area contributed by atoms with Crippen molar-refractivity contribution in [3.63, 3.8) is 0 Å². The fourth-order valence-electron chi connectivity index (χ4n) is 2.89. The molecule has 0 aliphatic heterocycles. The van der Waals surface area contributed by atoms with E-state index in [9.17, 15) is 0 Å². The normalized spacial score (nSPS) is 31.7. The van der Waals surface area contributed by atoms with Crippen molar-refractivity contribution in [1.29, 1.82) is 0 Å². The van der Waals surface area contributed by atoms with Crippen molar-refractivity contribution >= 4 is 0 Å². The van der Waals surface area contributed by atoms with Gasteiger partial charge in [0.2, 0.25) is 0 Å². The second-order valence-electron chi connectivity index (χ2n) is 5.64. The molecule has 2 nitrogen and oxygen atoms in total. The molecule has 84 valence electrons. The molecule has 0 radical (unpaired) electrons. The van der Waals surface area contributed by atoms with Gasteiger partial charge in [0.1, 0.15) is 0 Å². The van der Waals surface area contributed by atoms with E-state index in [0.29, 0.717) is 18.1 Å². The maximum absolute atomic E-state index is 8.71. The lowest BCUT2D eigenvalue weighted by Gasteiger charge is -2.39. The van der Waals surface area contributed by atoms with Crippen LogP contribution in [0.2, 0.25) is 0 Å². The molecule has 0 heterocycles. The van der Waals surface area contributed by atoms with E-state index in [-0.39, 0.29) is 0 Å². The first-order valence-corrected chi connectivity index (χ1v) is 5.88. The molecule has 0 saturated heterocycles. The minimum Gasteiger partial charge on any atom is -0.396 e. The molecule has 1 rings (SSSR count). The van der Waals surface area contributed by atoms with Gasteiger partial charge in [-0.1, -0.05) is 20.8 Å². The first-order valence-electron chi connectivity index (χ1n) is 5.88. The van der Waals surface area contributed by atoms with Crippen LogP contribution in [0.5, 0.6) is 0 Å². The molecule has 2 heteroatoms. The molecule has 2 N–H and O–H groups in total. The van der Waals surface area contributed by atoms with Crippen molar-refractivity contribution < 1.29 is 5.11 Å². The third kappa shape index (κ3) is 3.97. The number of nitrogens with one attached hydrogen (secondary N) is 1. The summed E-state index contributed by atoms with van der Waals surface area (Å²) >= 11 is 0. The van der Waals surface area contributed by atoms with Crippen molar-refractivity contribution in [3.8, 4) is 0 Å². The van der Waals surface area contributed by atoms with E-state index >= 15 is 0 Å². The lowest BCUT2D eigenvalue weighted by atomic mass is 9.70. The van der Waals surface area contributed by atoms with Crippen LogP contribution in [0.15, 0.2) is 0 Å². The molecule has 0 unspecified atom stereocenters. The number of hydrogen-bond donors (Lipinski definition) is 2. The van der Waals surface area contributed by atoms with Gasteiger partial charge in [0.25, 0.3) is 0 Å². The molecule has 2 atom stereocenters. The van der Waals surface area contributed by atoms with Crippen LogP contribution < -0.4 is 5.32 Å². The monoisotopic (exact) mass is 199 g/mol. The molecule has 0 bridgehead atoms. The first-order chi connectivity index (χ1) is 6.53. The third-order valence-corrected chi connectivity index (χ3v) is 3.15.